The lowest BCUT2D eigenvalue weighted by Crippen LogP contribution is -2.42. The number of hydrogen-bond donors (Lipinski definition) is 1. The van der Waals surface area contributed by atoms with Crippen LogP contribution in [-0.4, -0.2) is 18.8 Å². The first-order valence-corrected chi connectivity index (χ1v) is 7.35. The number of nitrogens with two attached hydrogens (primary N) is 1. The lowest BCUT2D eigenvalue weighted by Gasteiger charge is -2.28. The van der Waals surface area contributed by atoms with E-state index in [2.05, 4.69) is 45.0 Å². The van der Waals surface area contributed by atoms with Crippen LogP contribution in [0, 0.1) is 0 Å². The van der Waals surface area contributed by atoms with Gasteiger partial charge in [-0.15, -0.1) is 0 Å². The third kappa shape index (κ3) is 4.05. The van der Waals surface area contributed by atoms with Crippen LogP contribution in [0.5, 0.6) is 0 Å². The fraction of sp³-hybridized carbons (Fsp3) is 0.647. The third-order valence-electron chi connectivity index (χ3n) is 4.08. The van der Waals surface area contributed by atoms with Crippen LogP contribution in [0.15, 0.2) is 24.3 Å². The topological polar surface area (TPSA) is 35.2 Å². The summed E-state index contributed by atoms with van der Waals surface area (Å²) in [5, 5.41) is 0. The maximum atomic E-state index is 6.53. The van der Waals surface area contributed by atoms with Gasteiger partial charge in [-0.05, 0) is 42.2 Å². The molecule has 2 nitrogen and oxygen atoms in total. The molecule has 0 aromatic heterocycles. The molecule has 1 unspecified atom stereocenters. The van der Waals surface area contributed by atoms with Gasteiger partial charge in [-0.2, -0.15) is 0 Å². The van der Waals surface area contributed by atoms with Crippen molar-refractivity contribution >= 4 is 0 Å². The second-order valence-corrected chi connectivity index (χ2v) is 6.95. The van der Waals surface area contributed by atoms with Crippen molar-refractivity contribution in [2.45, 2.75) is 57.4 Å². The summed E-state index contributed by atoms with van der Waals surface area (Å²) in [6, 6.07) is 8.96. The lowest BCUT2D eigenvalue weighted by molar-refractivity contribution is 0.139. The van der Waals surface area contributed by atoms with Crippen molar-refractivity contribution in [3.63, 3.8) is 0 Å². The van der Waals surface area contributed by atoms with Crippen LogP contribution >= 0.6 is 0 Å². The Morgan fingerprint density at radius 3 is 2.42 bits per heavy atom. The summed E-state index contributed by atoms with van der Waals surface area (Å²) >= 11 is 0. The molecule has 1 aliphatic rings. The van der Waals surface area contributed by atoms with Crippen molar-refractivity contribution in [2.75, 3.05) is 13.2 Å². The maximum absolute atomic E-state index is 6.53. The monoisotopic (exact) mass is 261 g/mol. The number of ether oxygens (including phenoxy) is 1. The molecule has 1 fully saturated rings. The van der Waals surface area contributed by atoms with Gasteiger partial charge in [0.15, 0.2) is 0 Å². The molecule has 2 heteroatoms. The van der Waals surface area contributed by atoms with Crippen LogP contribution in [0.1, 0.15) is 51.2 Å². The first kappa shape index (κ1) is 14.5. The highest BCUT2D eigenvalue weighted by Crippen LogP contribution is 2.26. The SMILES string of the molecule is CC(C)(C)c1ccc(CC2(N)CCCOCC2)cc1. The fourth-order valence-electron chi connectivity index (χ4n) is 2.73. The van der Waals surface area contributed by atoms with Crippen LogP contribution in [0.3, 0.4) is 0 Å². The largest absolute Gasteiger partial charge is 0.381 e. The molecule has 0 radical (unpaired) electrons. The predicted octanol–water partition coefficient (Wildman–Crippen LogP) is 3.42. The molecule has 2 N–H and O–H groups in total. The van der Waals surface area contributed by atoms with Gasteiger partial charge in [-0.3, -0.25) is 0 Å². The van der Waals surface area contributed by atoms with E-state index < -0.39 is 0 Å². The summed E-state index contributed by atoms with van der Waals surface area (Å²) in [4.78, 5) is 0. The first-order valence-electron chi connectivity index (χ1n) is 7.35. The average molecular weight is 261 g/mol. The normalized spacial score (nSPS) is 25.1. The van der Waals surface area contributed by atoms with Crippen LogP contribution in [0.4, 0.5) is 0 Å². The minimum absolute atomic E-state index is 0.0836. The maximum Gasteiger partial charge on any atom is 0.0483 e. The van der Waals surface area contributed by atoms with Crippen molar-refractivity contribution in [2.24, 2.45) is 5.73 Å². The molecule has 0 bridgehead atoms. The zero-order chi connectivity index (χ0) is 13.9. The van der Waals surface area contributed by atoms with Crippen molar-refractivity contribution in [1.29, 1.82) is 0 Å². The van der Waals surface area contributed by atoms with Gasteiger partial charge in [-0.25, -0.2) is 0 Å². The summed E-state index contributed by atoms with van der Waals surface area (Å²) in [5.74, 6) is 0. The van der Waals surface area contributed by atoms with Crippen LogP contribution in [-0.2, 0) is 16.6 Å². The summed E-state index contributed by atoms with van der Waals surface area (Å²) in [6.45, 7) is 8.40. The smallest absolute Gasteiger partial charge is 0.0483 e. The standard InChI is InChI=1S/C17H27NO/c1-16(2,3)15-7-5-14(6-8-15)13-17(18)9-4-11-19-12-10-17/h5-8H,4,9-13,18H2,1-3H3. The Morgan fingerprint density at radius 2 is 1.79 bits per heavy atom. The highest BCUT2D eigenvalue weighted by Gasteiger charge is 2.26. The predicted molar refractivity (Wildman–Crippen MR) is 80.4 cm³/mol. The molecule has 19 heavy (non-hydrogen) atoms. The van der Waals surface area contributed by atoms with E-state index >= 15 is 0 Å². The Morgan fingerprint density at radius 1 is 1.11 bits per heavy atom. The Kier molecular flexibility index (Phi) is 4.32. The van der Waals surface area contributed by atoms with Crippen molar-refractivity contribution in [3.05, 3.63) is 35.4 Å². The number of benzene rings is 1. The highest BCUT2D eigenvalue weighted by molar-refractivity contribution is 5.28. The van der Waals surface area contributed by atoms with E-state index in [1.807, 2.05) is 0 Å². The molecular weight excluding hydrogens is 234 g/mol. The molecular formula is C17H27NO. The zero-order valence-corrected chi connectivity index (χ0v) is 12.5. The summed E-state index contributed by atoms with van der Waals surface area (Å²) in [7, 11) is 0. The van der Waals surface area contributed by atoms with Crippen molar-refractivity contribution < 1.29 is 4.74 Å². The van der Waals surface area contributed by atoms with Crippen LogP contribution < -0.4 is 5.73 Å². The molecule has 106 valence electrons. The third-order valence-corrected chi connectivity index (χ3v) is 4.08. The van der Waals surface area contributed by atoms with Gasteiger partial charge >= 0.3 is 0 Å². The van der Waals surface area contributed by atoms with Crippen molar-refractivity contribution in [3.8, 4) is 0 Å². The second-order valence-electron chi connectivity index (χ2n) is 6.95. The first-order chi connectivity index (χ1) is 8.89. The summed E-state index contributed by atoms with van der Waals surface area (Å²) in [5.41, 5.74) is 9.39. The highest BCUT2D eigenvalue weighted by atomic mass is 16.5. The Hall–Kier alpha value is -0.860. The quantitative estimate of drug-likeness (QED) is 0.885. The van der Waals surface area contributed by atoms with Crippen LogP contribution in [0.25, 0.3) is 0 Å². The number of rotatable bonds is 2. The van der Waals surface area contributed by atoms with E-state index in [4.69, 9.17) is 10.5 Å². The van der Waals surface area contributed by atoms with E-state index in [1.54, 1.807) is 0 Å². The second kappa shape index (κ2) is 5.64. The molecule has 1 aromatic rings. The van der Waals surface area contributed by atoms with E-state index in [9.17, 15) is 0 Å². The zero-order valence-electron chi connectivity index (χ0n) is 12.5. The molecule has 0 amide bonds. The molecule has 1 heterocycles. The minimum atomic E-state index is -0.0836. The summed E-state index contributed by atoms with van der Waals surface area (Å²) in [6.07, 6.45) is 4.07. The summed E-state index contributed by atoms with van der Waals surface area (Å²) < 4.78 is 5.51. The Labute approximate surface area is 117 Å². The number of hydrogen-bond acceptors (Lipinski definition) is 2. The minimum Gasteiger partial charge on any atom is -0.381 e. The molecule has 0 saturated carbocycles. The lowest BCUT2D eigenvalue weighted by atomic mass is 9.83. The Bertz CT molecular complexity index is 394. The molecule has 0 aliphatic carbocycles. The molecule has 1 aromatic carbocycles. The van der Waals surface area contributed by atoms with Gasteiger partial charge in [0.25, 0.3) is 0 Å². The molecule has 0 spiro atoms. The molecule has 1 atom stereocenters. The van der Waals surface area contributed by atoms with E-state index in [-0.39, 0.29) is 11.0 Å². The average Bonchev–Trinajstić information content (AvgIpc) is 2.53. The van der Waals surface area contributed by atoms with Gasteiger partial charge in [-0.1, -0.05) is 45.0 Å². The molecule has 1 aliphatic heterocycles. The van der Waals surface area contributed by atoms with Crippen LogP contribution in [0.2, 0.25) is 0 Å². The molecule has 2 rings (SSSR count). The van der Waals surface area contributed by atoms with Gasteiger partial charge in [0.05, 0.1) is 0 Å². The fourth-order valence-corrected chi connectivity index (χ4v) is 2.73. The van der Waals surface area contributed by atoms with Gasteiger partial charge in [0.1, 0.15) is 0 Å². The van der Waals surface area contributed by atoms with Gasteiger partial charge in [0, 0.05) is 18.8 Å². The van der Waals surface area contributed by atoms with E-state index in [0.29, 0.717) is 0 Å². The van der Waals surface area contributed by atoms with Gasteiger partial charge in [0.2, 0.25) is 0 Å². The van der Waals surface area contributed by atoms with E-state index in [1.165, 1.54) is 11.1 Å². The Balaban J connectivity index is 2.06. The van der Waals surface area contributed by atoms with E-state index in [0.717, 1.165) is 38.9 Å². The molecule has 1 saturated heterocycles. The van der Waals surface area contributed by atoms with Gasteiger partial charge < -0.3 is 10.5 Å². The van der Waals surface area contributed by atoms with Crippen molar-refractivity contribution in [1.82, 2.24) is 0 Å².